The molecule has 0 saturated carbocycles. The smallest absolute Gasteiger partial charge is 0.332 e. The van der Waals surface area contributed by atoms with Crippen LogP contribution >= 0.6 is 0 Å². The summed E-state index contributed by atoms with van der Waals surface area (Å²) in [6, 6.07) is 0. The Labute approximate surface area is 143 Å². The van der Waals surface area contributed by atoms with Gasteiger partial charge in [-0.3, -0.25) is 0 Å². The minimum Gasteiger partial charge on any atom is -0.479 e. The van der Waals surface area contributed by atoms with Crippen molar-refractivity contribution >= 4 is 5.97 Å². The molecule has 0 radical (unpaired) electrons. The lowest BCUT2D eigenvalue weighted by molar-refractivity contribution is -0.146. The molecule has 0 aliphatic carbocycles. The maximum Gasteiger partial charge on any atom is 0.332 e. The monoisotopic (exact) mass is 326 g/mol. The van der Waals surface area contributed by atoms with E-state index in [1.807, 2.05) is 0 Å². The first-order valence-electron chi connectivity index (χ1n) is 9.74. The summed E-state index contributed by atoms with van der Waals surface area (Å²) in [6.45, 7) is 2.26. The van der Waals surface area contributed by atoms with E-state index < -0.39 is 12.1 Å². The average molecular weight is 327 g/mol. The number of carbonyl (C=O) groups is 1. The van der Waals surface area contributed by atoms with Gasteiger partial charge >= 0.3 is 5.97 Å². The molecule has 3 heteroatoms. The second-order valence-electron chi connectivity index (χ2n) is 6.58. The lowest BCUT2D eigenvalue weighted by Crippen LogP contribution is -2.18. The molecule has 0 rings (SSSR count). The van der Waals surface area contributed by atoms with E-state index in [0.717, 1.165) is 32.1 Å². The van der Waals surface area contributed by atoms with Gasteiger partial charge in [-0.2, -0.15) is 0 Å². The molecule has 0 aliphatic heterocycles. The molecule has 0 heterocycles. The topological polar surface area (TPSA) is 57.5 Å². The third-order valence-corrected chi connectivity index (χ3v) is 4.27. The number of carboxylic acid groups (broad SMARTS) is 1. The molecular weight excluding hydrogens is 288 g/mol. The zero-order chi connectivity index (χ0) is 17.2. The van der Waals surface area contributed by atoms with E-state index in [-0.39, 0.29) is 0 Å². The Balaban J connectivity index is 3.16. The molecule has 0 spiro atoms. The fraction of sp³-hybridized carbons (Fsp3) is 0.850. The Bertz CT molecular complexity index is 287. The van der Waals surface area contributed by atoms with Crippen molar-refractivity contribution in [1.29, 1.82) is 0 Å². The van der Waals surface area contributed by atoms with E-state index in [4.69, 9.17) is 10.2 Å². The van der Waals surface area contributed by atoms with E-state index in [1.54, 1.807) is 0 Å². The molecule has 1 unspecified atom stereocenters. The van der Waals surface area contributed by atoms with Crippen molar-refractivity contribution < 1.29 is 15.0 Å². The maximum absolute atomic E-state index is 10.4. The van der Waals surface area contributed by atoms with Gasteiger partial charge in [-0.25, -0.2) is 4.79 Å². The molecule has 1 atom stereocenters. The number of aliphatic hydroxyl groups is 1. The average Bonchev–Trinajstić information content (AvgIpc) is 2.54. The Morgan fingerprint density at radius 1 is 0.783 bits per heavy atom. The number of rotatable bonds is 17. The molecule has 0 aromatic rings. The van der Waals surface area contributed by atoms with E-state index in [0.29, 0.717) is 6.42 Å². The number of carboxylic acids is 1. The van der Waals surface area contributed by atoms with Gasteiger partial charge in [-0.1, -0.05) is 83.3 Å². The van der Waals surface area contributed by atoms with Gasteiger partial charge in [-0.05, 0) is 32.1 Å². The van der Waals surface area contributed by atoms with Crippen LogP contribution in [0.2, 0.25) is 0 Å². The number of hydrogen-bond acceptors (Lipinski definition) is 2. The summed E-state index contributed by atoms with van der Waals surface area (Å²) in [7, 11) is 0. The zero-order valence-electron chi connectivity index (χ0n) is 15.1. The molecule has 3 nitrogen and oxygen atoms in total. The van der Waals surface area contributed by atoms with Crippen LogP contribution in [0, 0.1) is 0 Å². The van der Waals surface area contributed by atoms with Gasteiger partial charge < -0.3 is 10.2 Å². The van der Waals surface area contributed by atoms with E-state index in [2.05, 4.69) is 19.1 Å². The first-order valence-corrected chi connectivity index (χ1v) is 9.74. The third kappa shape index (κ3) is 17.4. The second kappa shape index (κ2) is 17.5. The van der Waals surface area contributed by atoms with E-state index in [9.17, 15) is 4.79 Å². The Kier molecular flexibility index (Phi) is 16.9. The molecule has 0 saturated heterocycles. The summed E-state index contributed by atoms with van der Waals surface area (Å²) in [6.07, 6.45) is 21.2. The van der Waals surface area contributed by atoms with Gasteiger partial charge in [0, 0.05) is 0 Å². The molecule has 136 valence electrons. The van der Waals surface area contributed by atoms with Gasteiger partial charge in [0.05, 0.1) is 0 Å². The van der Waals surface area contributed by atoms with Gasteiger partial charge in [0.15, 0.2) is 6.10 Å². The number of unbranched alkanes of at least 4 members (excludes halogenated alkanes) is 12. The summed E-state index contributed by atoms with van der Waals surface area (Å²) in [5, 5.41) is 17.7. The predicted molar refractivity (Wildman–Crippen MR) is 97.7 cm³/mol. The minimum atomic E-state index is -1.18. The van der Waals surface area contributed by atoms with Gasteiger partial charge in [-0.15, -0.1) is 0 Å². The molecule has 0 aromatic carbocycles. The highest BCUT2D eigenvalue weighted by atomic mass is 16.4. The summed E-state index contributed by atoms with van der Waals surface area (Å²) >= 11 is 0. The molecule has 0 bridgehead atoms. The summed E-state index contributed by atoms with van der Waals surface area (Å²) in [5.74, 6) is -1.10. The standard InChI is InChI=1S/C20H38O3/c1-2-3-4-5-6-7-8-9-10-11-12-13-14-15-16-17-18-19(21)20(22)23/h11-12,19,21H,2-10,13-18H2,1H3,(H,22,23). The largest absolute Gasteiger partial charge is 0.479 e. The highest BCUT2D eigenvalue weighted by molar-refractivity contribution is 5.71. The fourth-order valence-corrected chi connectivity index (χ4v) is 2.71. The number of hydrogen-bond donors (Lipinski definition) is 2. The van der Waals surface area contributed by atoms with Crippen LogP contribution in [0.15, 0.2) is 12.2 Å². The SMILES string of the molecule is CCCCCCCCCCC=CCCCCCCC(O)C(=O)O. The van der Waals surface area contributed by atoms with Crippen molar-refractivity contribution in [1.82, 2.24) is 0 Å². The van der Waals surface area contributed by atoms with Crippen molar-refractivity contribution in [3.05, 3.63) is 12.2 Å². The first-order chi connectivity index (χ1) is 11.2. The van der Waals surface area contributed by atoms with Crippen molar-refractivity contribution in [2.75, 3.05) is 0 Å². The lowest BCUT2D eigenvalue weighted by atomic mass is 10.1. The predicted octanol–water partition coefficient (Wildman–Crippen LogP) is 5.86. The minimum absolute atomic E-state index is 0.379. The molecule has 2 N–H and O–H groups in total. The Morgan fingerprint density at radius 2 is 1.22 bits per heavy atom. The molecule has 23 heavy (non-hydrogen) atoms. The van der Waals surface area contributed by atoms with Gasteiger partial charge in [0.2, 0.25) is 0 Å². The normalized spacial score (nSPS) is 12.8. The molecule has 0 aromatic heterocycles. The first kappa shape index (κ1) is 22.2. The summed E-state index contributed by atoms with van der Waals surface area (Å²) in [5.41, 5.74) is 0. The Hall–Kier alpha value is -0.830. The van der Waals surface area contributed by atoms with Crippen LogP contribution in [0.25, 0.3) is 0 Å². The van der Waals surface area contributed by atoms with Crippen LogP contribution in [0.1, 0.15) is 103 Å². The second-order valence-corrected chi connectivity index (χ2v) is 6.58. The van der Waals surface area contributed by atoms with Crippen LogP contribution in [0.5, 0.6) is 0 Å². The Morgan fingerprint density at radius 3 is 1.70 bits per heavy atom. The summed E-state index contributed by atoms with van der Waals surface area (Å²) < 4.78 is 0. The fourth-order valence-electron chi connectivity index (χ4n) is 2.71. The van der Waals surface area contributed by atoms with Crippen LogP contribution in [0.4, 0.5) is 0 Å². The third-order valence-electron chi connectivity index (χ3n) is 4.27. The van der Waals surface area contributed by atoms with Crippen LogP contribution < -0.4 is 0 Å². The van der Waals surface area contributed by atoms with Gasteiger partial charge in [0.25, 0.3) is 0 Å². The molecule has 0 fully saturated rings. The molecule has 0 amide bonds. The van der Waals surface area contributed by atoms with Crippen LogP contribution in [-0.4, -0.2) is 22.3 Å². The summed E-state index contributed by atoms with van der Waals surface area (Å²) in [4.78, 5) is 10.4. The van der Waals surface area contributed by atoms with E-state index >= 15 is 0 Å². The number of aliphatic hydroxyl groups excluding tert-OH is 1. The highest BCUT2D eigenvalue weighted by Gasteiger charge is 2.11. The maximum atomic E-state index is 10.4. The highest BCUT2D eigenvalue weighted by Crippen LogP contribution is 2.11. The van der Waals surface area contributed by atoms with Crippen LogP contribution in [-0.2, 0) is 4.79 Å². The quantitative estimate of drug-likeness (QED) is 0.260. The van der Waals surface area contributed by atoms with Crippen molar-refractivity contribution in [2.24, 2.45) is 0 Å². The van der Waals surface area contributed by atoms with Crippen LogP contribution in [0.3, 0.4) is 0 Å². The zero-order valence-corrected chi connectivity index (χ0v) is 15.1. The number of aliphatic carboxylic acids is 1. The van der Waals surface area contributed by atoms with E-state index in [1.165, 1.54) is 57.8 Å². The van der Waals surface area contributed by atoms with Crippen molar-refractivity contribution in [2.45, 2.75) is 109 Å². The number of allylic oxidation sites excluding steroid dienone is 2. The van der Waals surface area contributed by atoms with Crippen molar-refractivity contribution in [3.63, 3.8) is 0 Å². The lowest BCUT2D eigenvalue weighted by Gasteiger charge is -2.04. The van der Waals surface area contributed by atoms with Crippen molar-refractivity contribution in [3.8, 4) is 0 Å². The van der Waals surface area contributed by atoms with Gasteiger partial charge in [0.1, 0.15) is 0 Å². The molecule has 0 aliphatic rings. The molecular formula is C20H38O3.